The summed E-state index contributed by atoms with van der Waals surface area (Å²) in [5.41, 5.74) is 3.04. The van der Waals surface area contributed by atoms with Crippen LogP contribution in [0, 0.1) is 5.92 Å². The van der Waals surface area contributed by atoms with E-state index in [-0.39, 0.29) is 5.91 Å². The summed E-state index contributed by atoms with van der Waals surface area (Å²) < 4.78 is 11.6. The standard InChI is InChI=1S/C23H25N3O3/c27-23(24-15-17-6-7-17)19-14-21(26-8-10-28-11-9-26)25-20-13-18(29-22(19)20)12-16-4-2-1-3-5-16/h1-5,13-14,17H,6-12,15H2,(H,24,27). The van der Waals surface area contributed by atoms with Crippen LogP contribution in [0.1, 0.15) is 34.5 Å². The fourth-order valence-electron chi connectivity index (χ4n) is 3.72. The van der Waals surface area contributed by atoms with E-state index >= 15 is 0 Å². The molecule has 3 heterocycles. The molecule has 29 heavy (non-hydrogen) atoms. The van der Waals surface area contributed by atoms with Crippen LogP contribution in [0.3, 0.4) is 0 Å². The molecule has 1 aromatic carbocycles. The zero-order valence-corrected chi connectivity index (χ0v) is 16.4. The second-order valence-corrected chi connectivity index (χ2v) is 7.87. The second-order valence-electron chi connectivity index (χ2n) is 7.87. The van der Waals surface area contributed by atoms with Gasteiger partial charge in [-0.3, -0.25) is 4.79 Å². The first-order chi connectivity index (χ1) is 14.3. The van der Waals surface area contributed by atoms with Crippen molar-refractivity contribution < 1.29 is 13.9 Å². The molecule has 0 bridgehead atoms. The lowest BCUT2D eigenvalue weighted by atomic mass is 10.1. The average molecular weight is 391 g/mol. The monoisotopic (exact) mass is 391 g/mol. The molecule has 1 aliphatic carbocycles. The molecule has 150 valence electrons. The molecular formula is C23H25N3O3. The molecule has 5 rings (SSSR count). The number of ether oxygens (including phenoxy) is 1. The predicted octanol–water partition coefficient (Wildman–Crippen LogP) is 3.40. The smallest absolute Gasteiger partial charge is 0.255 e. The van der Waals surface area contributed by atoms with Crippen molar-refractivity contribution in [3.05, 3.63) is 59.4 Å². The van der Waals surface area contributed by atoms with Gasteiger partial charge in [-0.2, -0.15) is 0 Å². The topological polar surface area (TPSA) is 67.6 Å². The van der Waals surface area contributed by atoms with E-state index in [2.05, 4.69) is 22.3 Å². The fourth-order valence-corrected chi connectivity index (χ4v) is 3.72. The minimum atomic E-state index is -0.0839. The predicted molar refractivity (Wildman–Crippen MR) is 111 cm³/mol. The first-order valence-electron chi connectivity index (χ1n) is 10.3. The number of hydrogen-bond acceptors (Lipinski definition) is 5. The van der Waals surface area contributed by atoms with Crippen molar-refractivity contribution in [2.75, 3.05) is 37.7 Å². The van der Waals surface area contributed by atoms with Crippen LogP contribution in [0.4, 0.5) is 5.82 Å². The van der Waals surface area contributed by atoms with E-state index in [0.717, 1.165) is 36.7 Å². The molecular weight excluding hydrogens is 366 g/mol. The number of pyridine rings is 1. The van der Waals surface area contributed by atoms with Gasteiger partial charge in [0.1, 0.15) is 17.1 Å². The Kier molecular flexibility index (Phi) is 4.94. The van der Waals surface area contributed by atoms with Gasteiger partial charge in [-0.1, -0.05) is 30.3 Å². The summed E-state index contributed by atoms with van der Waals surface area (Å²) in [6.45, 7) is 3.63. The Morgan fingerprint density at radius 3 is 2.69 bits per heavy atom. The fraction of sp³-hybridized carbons (Fsp3) is 0.391. The summed E-state index contributed by atoms with van der Waals surface area (Å²) in [6, 6.07) is 14.0. The summed E-state index contributed by atoms with van der Waals surface area (Å²) in [5.74, 6) is 2.16. The van der Waals surface area contributed by atoms with E-state index in [1.54, 1.807) is 0 Å². The molecule has 3 aromatic rings. The van der Waals surface area contributed by atoms with Crippen LogP contribution >= 0.6 is 0 Å². The number of nitrogens with zero attached hydrogens (tertiary/aromatic N) is 2. The number of amides is 1. The van der Waals surface area contributed by atoms with E-state index in [1.165, 1.54) is 18.4 Å². The minimum absolute atomic E-state index is 0.0839. The van der Waals surface area contributed by atoms with E-state index < -0.39 is 0 Å². The third-order valence-electron chi connectivity index (χ3n) is 5.57. The molecule has 1 amide bonds. The molecule has 0 radical (unpaired) electrons. The maximum atomic E-state index is 13.0. The van der Waals surface area contributed by atoms with Gasteiger partial charge in [-0.15, -0.1) is 0 Å². The zero-order valence-electron chi connectivity index (χ0n) is 16.4. The van der Waals surface area contributed by atoms with Gasteiger partial charge in [0, 0.05) is 32.1 Å². The Morgan fingerprint density at radius 2 is 1.93 bits per heavy atom. The lowest BCUT2D eigenvalue weighted by Gasteiger charge is -2.28. The van der Waals surface area contributed by atoms with Crippen molar-refractivity contribution in [2.45, 2.75) is 19.3 Å². The number of hydrogen-bond donors (Lipinski definition) is 1. The van der Waals surface area contributed by atoms with Crippen molar-refractivity contribution in [3.63, 3.8) is 0 Å². The SMILES string of the molecule is O=C(NCC1CC1)c1cc(N2CCOCC2)nc2cc(Cc3ccccc3)oc12. The molecule has 2 aromatic heterocycles. The number of rotatable bonds is 6. The minimum Gasteiger partial charge on any atom is -0.458 e. The summed E-state index contributed by atoms with van der Waals surface area (Å²) in [5, 5.41) is 3.07. The van der Waals surface area contributed by atoms with E-state index in [1.807, 2.05) is 30.3 Å². The molecule has 0 unspecified atom stereocenters. The maximum absolute atomic E-state index is 13.0. The molecule has 0 spiro atoms. The second kappa shape index (κ2) is 7.87. The van der Waals surface area contributed by atoms with Crippen LogP contribution in [0.2, 0.25) is 0 Å². The number of carbonyl (C=O) groups is 1. The van der Waals surface area contributed by atoms with Crippen LogP contribution < -0.4 is 10.2 Å². The summed E-state index contributed by atoms with van der Waals surface area (Å²) in [7, 11) is 0. The van der Waals surface area contributed by atoms with Gasteiger partial charge in [0.2, 0.25) is 0 Å². The van der Waals surface area contributed by atoms with Crippen molar-refractivity contribution in [1.82, 2.24) is 10.3 Å². The molecule has 1 aliphatic heterocycles. The number of anilines is 1. The lowest BCUT2D eigenvalue weighted by Crippen LogP contribution is -2.37. The number of morpholine rings is 1. The lowest BCUT2D eigenvalue weighted by molar-refractivity contribution is 0.0952. The van der Waals surface area contributed by atoms with Gasteiger partial charge in [-0.05, 0) is 30.4 Å². The van der Waals surface area contributed by atoms with E-state index in [0.29, 0.717) is 36.7 Å². The third kappa shape index (κ3) is 4.12. The zero-order chi connectivity index (χ0) is 19.6. The number of benzene rings is 1. The number of aromatic nitrogens is 1. The highest BCUT2D eigenvalue weighted by atomic mass is 16.5. The van der Waals surface area contributed by atoms with Gasteiger partial charge in [0.05, 0.1) is 18.8 Å². The Bertz CT molecular complexity index is 1000. The highest BCUT2D eigenvalue weighted by Gasteiger charge is 2.25. The number of carbonyl (C=O) groups excluding carboxylic acids is 1. The Morgan fingerprint density at radius 1 is 1.14 bits per heavy atom. The molecule has 2 fully saturated rings. The molecule has 6 heteroatoms. The molecule has 2 aliphatic rings. The highest BCUT2D eigenvalue weighted by Crippen LogP contribution is 2.30. The van der Waals surface area contributed by atoms with Crippen molar-refractivity contribution in [1.29, 1.82) is 0 Å². The molecule has 1 saturated heterocycles. The number of fused-ring (bicyclic) bond motifs is 1. The first-order valence-corrected chi connectivity index (χ1v) is 10.3. The van der Waals surface area contributed by atoms with Crippen molar-refractivity contribution in [2.24, 2.45) is 5.92 Å². The Balaban J connectivity index is 1.50. The first kappa shape index (κ1) is 18.2. The Labute approximate surface area is 169 Å². The molecule has 1 saturated carbocycles. The summed E-state index contributed by atoms with van der Waals surface area (Å²) in [6.07, 6.45) is 3.08. The van der Waals surface area contributed by atoms with E-state index in [4.69, 9.17) is 14.1 Å². The van der Waals surface area contributed by atoms with Gasteiger partial charge in [-0.25, -0.2) is 4.98 Å². The summed E-state index contributed by atoms with van der Waals surface area (Å²) >= 11 is 0. The highest BCUT2D eigenvalue weighted by molar-refractivity contribution is 6.05. The molecule has 0 atom stereocenters. The largest absolute Gasteiger partial charge is 0.458 e. The van der Waals surface area contributed by atoms with Crippen molar-refractivity contribution in [3.8, 4) is 0 Å². The molecule has 1 N–H and O–H groups in total. The number of nitrogens with one attached hydrogen (secondary N) is 1. The van der Waals surface area contributed by atoms with Crippen LogP contribution in [0.15, 0.2) is 46.9 Å². The molecule has 6 nitrogen and oxygen atoms in total. The van der Waals surface area contributed by atoms with Crippen LogP contribution in [0.5, 0.6) is 0 Å². The van der Waals surface area contributed by atoms with Crippen LogP contribution in [-0.4, -0.2) is 43.7 Å². The van der Waals surface area contributed by atoms with Crippen LogP contribution in [0.25, 0.3) is 11.1 Å². The number of furan rings is 1. The van der Waals surface area contributed by atoms with Gasteiger partial charge in [0.15, 0.2) is 5.58 Å². The average Bonchev–Trinajstić information content (AvgIpc) is 3.51. The van der Waals surface area contributed by atoms with Crippen LogP contribution in [-0.2, 0) is 11.2 Å². The Hall–Kier alpha value is -2.86. The normalized spacial score (nSPS) is 16.9. The quantitative estimate of drug-likeness (QED) is 0.698. The van der Waals surface area contributed by atoms with Gasteiger partial charge in [0.25, 0.3) is 5.91 Å². The summed E-state index contributed by atoms with van der Waals surface area (Å²) in [4.78, 5) is 19.9. The van der Waals surface area contributed by atoms with Gasteiger partial charge < -0.3 is 19.4 Å². The third-order valence-corrected chi connectivity index (χ3v) is 5.57. The van der Waals surface area contributed by atoms with E-state index in [9.17, 15) is 4.79 Å². The van der Waals surface area contributed by atoms with Gasteiger partial charge >= 0.3 is 0 Å². The van der Waals surface area contributed by atoms with Crippen molar-refractivity contribution >= 4 is 22.8 Å². The maximum Gasteiger partial charge on any atom is 0.255 e.